The average molecular weight is 407 g/mol. The standard InChI is InChI=1S/C24H26FN3O2/c25-21-6-2-5-20(14-21)19-4-1-3-18(13-19)15-24(8-11-30-12-9-24)23(29)27-10-7-22-16-26-17-28-22/h1-6,13-14,16-17H,7-12,15H2,(H,26,28)(H,27,29). The van der Waals surface area contributed by atoms with Gasteiger partial charge in [0.15, 0.2) is 0 Å². The molecule has 1 aliphatic rings. The molecule has 1 fully saturated rings. The zero-order valence-electron chi connectivity index (χ0n) is 16.9. The SMILES string of the molecule is O=C(NCCc1cnc[nH]1)C1(Cc2cccc(-c3cccc(F)c3)c2)CCOCC1. The minimum Gasteiger partial charge on any atom is -0.381 e. The Balaban J connectivity index is 1.50. The van der Waals surface area contributed by atoms with Gasteiger partial charge in [0.1, 0.15) is 5.82 Å². The number of aromatic nitrogens is 2. The lowest BCUT2D eigenvalue weighted by atomic mass is 9.74. The molecule has 0 unspecified atom stereocenters. The summed E-state index contributed by atoms with van der Waals surface area (Å²) in [7, 11) is 0. The molecule has 1 amide bonds. The summed E-state index contributed by atoms with van der Waals surface area (Å²) in [6.07, 6.45) is 6.14. The number of carbonyl (C=O) groups is 1. The lowest BCUT2D eigenvalue weighted by molar-refractivity contribution is -0.136. The first-order valence-electron chi connectivity index (χ1n) is 10.3. The van der Waals surface area contributed by atoms with Gasteiger partial charge in [-0.05, 0) is 48.1 Å². The molecule has 0 aliphatic carbocycles. The number of H-pyrrole nitrogens is 1. The Bertz CT molecular complexity index is 982. The Labute approximate surface area is 175 Å². The third-order valence-corrected chi connectivity index (χ3v) is 5.79. The van der Waals surface area contributed by atoms with Crippen molar-refractivity contribution in [3.63, 3.8) is 0 Å². The van der Waals surface area contributed by atoms with E-state index >= 15 is 0 Å². The van der Waals surface area contributed by atoms with E-state index in [4.69, 9.17) is 4.74 Å². The highest BCUT2D eigenvalue weighted by Crippen LogP contribution is 2.35. The van der Waals surface area contributed by atoms with Crippen LogP contribution in [0.2, 0.25) is 0 Å². The fourth-order valence-corrected chi connectivity index (χ4v) is 4.09. The summed E-state index contributed by atoms with van der Waals surface area (Å²) in [5.74, 6) is -0.183. The molecule has 156 valence electrons. The number of nitrogens with one attached hydrogen (secondary N) is 2. The van der Waals surface area contributed by atoms with Crippen LogP contribution in [0.15, 0.2) is 61.1 Å². The van der Waals surface area contributed by atoms with Gasteiger partial charge in [0, 0.05) is 38.1 Å². The van der Waals surface area contributed by atoms with Crippen LogP contribution in [0.4, 0.5) is 4.39 Å². The van der Waals surface area contributed by atoms with E-state index in [-0.39, 0.29) is 11.7 Å². The Morgan fingerprint density at radius 2 is 1.90 bits per heavy atom. The summed E-state index contributed by atoms with van der Waals surface area (Å²) in [6.45, 7) is 1.72. The van der Waals surface area contributed by atoms with Crippen molar-refractivity contribution >= 4 is 5.91 Å². The number of hydrogen-bond acceptors (Lipinski definition) is 3. The number of nitrogens with zero attached hydrogens (tertiary/aromatic N) is 1. The quantitative estimate of drug-likeness (QED) is 0.624. The highest BCUT2D eigenvalue weighted by Gasteiger charge is 2.39. The van der Waals surface area contributed by atoms with E-state index in [0.29, 0.717) is 45.4 Å². The predicted molar refractivity (Wildman–Crippen MR) is 113 cm³/mol. The first-order valence-corrected chi connectivity index (χ1v) is 10.3. The van der Waals surface area contributed by atoms with Crippen LogP contribution < -0.4 is 5.32 Å². The smallest absolute Gasteiger partial charge is 0.226 e. The van der Waals surface area contributed by atoms with E-state index in [1.54, 1.807) is 18.6 Å². The van der Waals surface area contributed by atoms with Gasteiger partial charge in [-0.25, -0.2) is 9.37 Å². The molecule has 0 spiro atoms. The maximum atomic E-state index is 13.6. The first kappa shape index (κ1) is 20.3. The summed E-state index contributed by atoms with van der Waals surface area (Å²) >= 11 is 0. The van der Waals surface area contributed by atoms with Gasteiger partial charge in [-0.1, -0.05) is 36.4 Å². The average Bonchev–Trinajstić information content (AvgIpc) is 3.28. The molecule has 2 aromatic carbocycles. The minimum atomic E-state index is -0.493. The van der Waals surface area contributed by atoms with Crippen molar-refractivity contribution in [2.45, 2.75) is 25.7 Å². The van der Waals surface area contributed by atoms with E-state index in [1.165, 1.54) is 12.1 Å². The molecule has 4 rings (SSSR count). The molecule has 6 heteroatoms. The van der Waals surface area contributed by atoms with Crippen LogP contribution in [-0.4, -0.2) is 35.6 Å². The molecule has 5 nitrogen and oxygen atoms in total. The zero-order valence-corrected chi connectivity index (χ0v) is 16.9. The van der Waals surface area contributed by atoms with Crippen molar-refractivity contribution in [2.75, 3.05) is 19.8 Å². The molecule has 1 aromatic heterocycles. The van der Waals surface area contributed by atoms with Gasteiger partial charge >= 0.3 is 0 Å². The number of ether oxygens (including phenoxy) is 1. The Kier molecular flexibility index (Phi) is 6.23. The van der Waals surface area contributed by atoms with Crippen LogP contribution in [0.1, 0.15) is 24.1 Å². The van der Waals surface area contributed by atoms with Gasteiger partial charge in [0.05, 0.1) is 11.7 Å². The van der Waals surface area contributed by atoms with Crippen LogP contribution in [0, 0.1) is 11.2 Å². The van der Waals surface area contributed by atoms with Gasteiger partial charge in [-0.2, -0.15) is 0 Å². The molecule has 3 aromatic rings. The normalized spacial score (nSPS) is 15.6. The van der Waals surface area contributed by atoms with Crippen molar-refractivity contribution in [1.29, 1.82) is 0 Å². The molecule has 2 N–H and O–H groups in total. The number of benzene rings is 2. The topological polar surface area (TPSA) is 67.0 Å². The van der Waals surface area contributed by atoms with E-state index in [2.05, 4.69) is 21.4 Å². The lowest BCUT2D eigenvalue weighted by Crippen LogP contribution is -2.46. The van der Waals surface area contributed by atoms with Crippen molar-refractivity contribution in [3.05, 3.63) is 78.1 Å². The third kappa shape index (κ3) is 4.76. The maximum Gasteiger partial charge on any atom is 0.226 e. The van der Waals surface area contributed by atoms with Crippen LogP contribution in [0.5, 0.6) is 0 Å². The van der Waals surface area contributed by atoms with Crippen molar-refractivity contribution in [1.82, 2.24) is 15.3 Å². The van der Waals surface area contributed by atoms with E-state index in [1.807, 2.05) is 24.3 Å². The van der Waals surface area contributed by atoms with E-state index in [0.717, 1.165) is 22.4 Å². The van der Waals surface area contributed by atoms with Gasteiger partial charge < -0.3 is 15.0 Å². The largest absolute Gasteiger partial charge is 0.381 e. The number of rotatable bonds is 7. The number of halogens is 1. The Hall–Kier alpha value is -2.99. The molecule has 0 bridgehead atoms. The summed E-state index contributed by atoms with van der Waals surface area (Å²) in [5.41, 5.74) is 3.37. The first-order chi connectivity index (χ1) is 14.6. The molecular formula is C24H26FN3O2. The molecule has 0 atom stereocenters. The summed E-state index contributed by atoms with van der Waals surface area (Å²) in [6, 6.07) is 14.6. The van der Waals surface area contributed by atoms with Crippen LogP contribution in [0.25, 0.3) is 11.1 Å². The molecule has 2 heterocycles. The number of amides is 1. The van der Waals surface area contributed by atoms with Gasteiger partial charge in [-0.15, -0.1) is 0 Å². The lowest BCUT2D eigenvalue weighted by Gasteiger charge is -2.36. The Morgan fingerprint density at radius 3 is 2.63 bits per heavy atom. The fourth-order valence-electron chi connectivity index (χ4n) is 4.09. The summed E-state index contributed by atoms with van der Waals surface area (Å²) in [5, 5.41) is 3.11. The summed E-state index contributed by atoms with van der Waals surface area (Å²) < 4.78 is 19.2. The van der Waals surface area contributed by atoms with Gasteiger partial charge in [0.25, 0.3) is 0 Å². The molecule has 30 heavy (non-hydrogen) atoms. The minimum absolute atomic E-state index is 0.0708. The number of imidazole rings is 1. The number of carbonyl (C=O) groups excluding carboxylic acids is 1. The van der Waals surface area contributed by atoms with Crippen molar-refractivity contribution in [3.8, 4) is 11.1 Å². The van der Waals surface area contributed by atoms with Crippen LogP contribution in [-0.2, 0) is 22.4 Å². The molecule has 0 radical (unpaired) electrons. The van der Waals surface area contributed by atoms with Crippen molar-refractivity contribution < 1.29 is 13.9 Å². The number of aromatic amines is 1. The van der Waals surface area contributed by atoms with E-state index in [9.17, 15) is 9.18 Å². The Morgan fingerprint density at radius 1 is 1.13 bits per heavy atom. The van der Waals surface area contributed by atoms with Gasteiger partial charge in [0.2, 0.25) is 5.91 Å². The summed E-state index contributed by atoms with van der Waals surface area (Å²) in [4.78, 5) is 20.3. The monoisotopic (exact) mass is 407 g/mol. The second-order valence-corrected chi connectivity index (χ2v) is 7.86. The molecule has 0 saturated carbocycles. The highest BCUT2D eigenvalue weighted by molar-refractivity contribution is 5.83. The van der Waals surface area contributed by atoms with Gasteiger partial charge in [-0.3, -0.25) is 4.79 Å². The molecule has 1 saturated heterocycles. The molecule has 1 aliphatic heterocycles. The van der Waals surface area contributed by atoms with E-state index < -0.39 is 5.41 Å². The molecular weight excluding hydrogens is 381 g/mol. The predicted octanol–water partition coefficient (Wildman–Crippen LogP) is 3.91. The number of hydrogen-bond donors (Lipinski definition) is 2. The third-order valence-electron chi connectivity index (χ3n) is 5.79. The maximum absolute atomic E-state index is 13.6. The van der Waals surface area contributed by atoms with Crippen LogP contribution in [0.3, 0.4) is 0 Å². The zero-order chi connectivity index (χ0) is 20.8. The second kappa shape index (κ2) is 9.22. The van der Waals surface area contributed by atoms with Crippen LogP contribution >= 0.6 is 0 Å². The van der Waals surface area contributed by atoms with Crippen molar-refractivity contribution in [2.24, 2.45) is 5.41 Å². The second-order valence-electron chi connectivity index (χ2n) is 7.86. The fraction of sp³-hybridized carbons (Fsp3) is 0.333. The highest BCUT2D eigenvalue weighted by atomic mass is 19.1.